The Balaban J connectivity index is 1.65. The van der Waals surface area contributed by atoms with Crippen molar-refractivity contribution < 1.29 is 4.79 Å². The molecule has 0 spiro atoms. The average molecular weight is 286 g/mol. The van der Waals surface area contributed by atoms with Gasteiger partial charge in [-0.05, 0) is 43.7 Å². The summed E-state index contributed by atoms with van der Waals surface area (Å²) < 4.78 is 0. The van der Waals surface area contributed by atoms with Gasteiger partial charge in [0.1, 0.15) is 0 Å². The molecule has 1 aromatic carbocycles. The Kier molecular flexibility index (Phi) is 4.18. The van der Waals surface area contributed by atoms with E-state index in [0.29, 0.717) is 6.04 Å². The highest BCUT2D eigenvalue weighted by molar-refractivity contribution is 5.81. The second-order valence-electron chi connectivity index (χ2n) is 6.88. The zero-order chi connectivity index (χ0) is 14.8. The van der Waals surface area contributed by atoms with Gasteiger partial charge >= 0.3 is 0 Å². The summed E-state index contributed by atoms with van der Waals surface area (Å²) in [5.74, 6) is 1.01. The smallest absolute Gasteiger partial charge is 0.225 e. The fraction of sp³-hybridized carbons (Fsp3) is 0.611. The number of carbonyl (C=O) groups excluding carboxylic acids is 1. The zero-order valence-electron chi connectivity index (χ0n) is 13.1. The molecule has 3 rings (SSSR count). The highest BCUT2D eigenvalue weighted by Crippen LogP contribution is 2.29. The molecule has 3 nitrogen and oxygen atoms in total. The largest absolute Gasteiger partial charge is 0.382 e. The first kappa shape index (κ1) is 14.4. The number of carbonyl (C=O) groups is 1. The number of anilines is 1. The van der Waals surface area contributed by atoms with Gasteiger partial charge in [-0.15, -0.1) is 0 Å². The van der Waals surface area contributed by atoms with Crippen molar-refractivity contribution in [1.82, 2.24) is 5.32 Å². The maximum Gasteiger partial charge on any atom is 0.225 e. The molecule has 114 valence electrons. The number of fused-ring (bicyclic) bond motifs is 1. The number of para-hydroxylation sites is 1. The fourth-order valence-corrected chi connectivity index (χ4v) is 3.79. The van der Waals surface area contributed by atoms with Crippen molar-refractivity contribution in [3.63, 3.8) is 0 Å². The summed E-state index contributed by atoms with van der Waals surface area (Å²) >= 11 is 0. The molecule has 1 aliphatic heterocycles. The van der Waals surface area contributed by atoms with E-state index in [-0.39, 0.29) is 17.9 Å². The standard InChI is InChI=1S/C18H26N2O/c1-12-6-5-8-15(10-12)20-18(21)16-11-14-7-3-4-9-17(14)19-13(16)2/h3-4,7,9,12-13,15-16,19H,5-6,8,10-11H2,1-2H3,(H,20,21). The molecule has 4 unspecified atom stereocenters. The van der Waals surface area contributed by atoms with Gasteiger partial charge in [0.25, 0.3) is 0 Å². The first-order valence-electron chi connectivity index (χ1n) is 8.28. The SMILES string of the molecule is CC1CCCC(NC(=O)C2Cc3ccccc3NC2C)C1. The van der Waals surface area contributed by atoms with Crippen molar-refractivity contribution in [2.45, 2.75) is 58.0 Å². The van der Waals surface area contributed by atoms with Crippen molar-refractivity contribution in [2.75, 3.05) is 5.32 Å². The van der Waals surface area contributed by atoms with E-state index >= 15 is 0 Å². The number of hydrogen-bond donors (Lipinski definition) is 2. The maximum atomic E-state index is 12.6. The summed E-state index contributed by atoms with van der Waals surface area (Å²) in [5, 5.41) is 6.78. The van der Waals surface area contributed by atoms with Crippen molar-refractivity contribution in [1.29, 1.82) is 0 Å². The number of hydrogen-bond acceptors (Lipinski definition) is 2. The Hall–Kier alpha value is -1.51. The van der Waals surface area contributed by atoms with Crippen LogP contribution >= 0.6 is 0 Å². The van der Waals surface area contributed by atoms with E-state index in [2.05, 4.69) is 36.6 Å². The molecule has 0 saturated heterocycles. The van der Waals surface area contributed by atoms with E-state index in [1.807, 2.05) is 12.1 Å². The Bertz CT molecular complexity index is 514. The quantitative estimate of drug-likeness (QED) is 0.875. The third kappa shape index (κ3) is 3.22. The topological polar surface area (TPSA) is 41.1 Å². The van der Waals surface area contributed by atoms with Crippen LogP contribution in [0.3, 0.4) is 0 Å². The lowest BCUT2D eigenvalue weighted by atomic mass is 9.84. The zero-order valence-corrected chi connectivity index (χ0v) is 13.1. The highest BCUT2D eigenvalue weighted by Gasteiger charge is 2.32. The number of rotatable bonds is 2. The van der Waals surface area contributed by atoms with Crippen LogP contribution in [0.1, 0.15) is 45.1 Å². The molecule has 0 radical (unpaired) electrons. The molecule has 1 saturated carbocycles. The molecular formula is C18H26N2O. The predicted octanol–water partition coefficient (Wildman–Crippen LogP) is 3.35. The minimum Gasteiger partial charge on any atom is -0.382 e. The van der Waals surface area contributed by atoms with Crippen molar-refractivity contribution in [3.8, 4) is 0 Å². The number of benzene rings is 1. The predicted molar refractivity (Wildman–Crippen MR) is 86.3 cm³/mol. The lowest BCUT2D eigenvalue weighted by Crippen LogP contribution is -2.47. The van der Waals surface area contributed by atoms with E-state index in [0.717, 1.165) is 25.2 Å². The van der Waals surface area contributed by atoms with Gasteiger partial charge < -0.3 is 10.6 Å². The number of nitrogens with one attached hydrogen (secondary N) is 2. The van der Waals surface area contributed by atoms with Crippen molar-refractivity contribution >= 4 is 11.6 Å². The molecule has 1 aliphatic carbocycles. The first-order chi connectivity index (χ1) is 10.1. The summed E-state index contributed by atoms with van der Waals surface area (Å²) in [6.45, 7) is 4.41. The second kappa shape index (κ2) is 6.08. The fourth-order valence-electron chi connectivity index (χ4n) is 3.79. The van der Waals surface area contributed by atoms with Gasteiger partial charge in [0.2, 0.25) is 5.91 Å². The summed E-state index contributed by atoms with van der Waals surface area (Å²) in [4.78, 5) is 12.6. The Morgan fingerprint density at radius 1 is 1.24 bits per heavy atom. The van der Waals surface area contributed by atoms with Crippen LogP contribution < -0.4 is 10.6 Å². The lowest BCUT2D eigenvalue weighted by molar-refractivity contribution is -0.126. The van der Waals surface area contributed by atoms with Gasteiger partial charge in [0, 0.05) is 17.8 Å². The van der Waals surface area contributed by atoms with Crippen LogP contribution in [-0.2, 0) is 11.2 Å². The van der Waals surface area contributed by atoms with Crippen LogP contribution in [0, 0.1) is 11.8 Å². The minimum atomic E-state index is 0.0390. The molecular weight excluding hydrogens is 260 g/mol. The molecule has 1 heterocycles. The van der Waals surface area contributed by atoms with Crippen molar-refractivity contribution in [2.24, 2.45) is 11.8 Å². The van der Waals surface area contributed by atoms with Crippen LogP contribution in [0.5, 0.6) is 0 Å². The van der Waals surface area contributed by atoms with Crippen LogP contribution in [0.4, 0.5) is 5.69 Å². The Morgan fingerprint density at radius 2 is 2.05 bits per heavy atom. The monoisotopic (exact) mass is 286 g/mol. The van der Waals surface area contributed by atoms with Crippen LogP contribution in [0.25, 0.3) is 0 Å². The maximum absolute atomic E-state index is 12.6. The average Bonchev–Trinajstić information content (AvgIpc) is 2.46. The van der Waals surface area contributed by atoms with E-state index in [9.17, 15) is 4.79 Å². The van der Waals surface area contributed by atoms with Crippen LogP contribution in [-0.4, -0.2) is 18.0 Å². The molecule has 1 amide bonds. The molecule has 0 bridgehead atoms. The van der Waals surface area contributed by atoms with E-state index in [1.54, 1.807) is 0 Å². The van der Waals surface area contributed by atoms with Crippen molar-refractivity contribution in [3.05, 3.63) is 29.8 Å². The molecule has 0 aromatic heterocycles. The van der Waals surface area contributed by atoms with Gasteiger partial charge in [0.05, 0.1) is 5.92 Å². The molecule has 21 heavy (non-hydrogen) atoms. The molecule has 2 N–H and O–H groups in total. The van der Waals surface area contributed by atoms with Gasteiger partial charge in [-0.1, -0.05) is 38.0 Å². The molecule has 2 aliphatic rings. The summed E-state index contributed by atoms with van der Waals surface area (Å²) in [6, 6.07) is 8.89. The third-order valence-electron chi connectivity index (χ3n) is 5.06. The molecule has 1 aromatic rings. The van der Waals surface area contributed by atoms with Gasteiger partial charge in [-0.2, -0.15) is 0 Å². The normalized spacial score (nSPS) is 31.9. The molecule has 3 heteroatoms. The van der Waals surface area contributed by atoms with Gasteiger partial charge in [-0.3, -0.25) is 4.79 Å². The van der Waals surface area contributed by atoms with Gasteiger partial charge in [-0.25, -0.2) is 0 Å². The summed E-state index contributed by atoms with van der Waals surface area (Å²) in [5.41, 5.74) is 2.44. The Morgan fingerprint density at radius 3 is 2.86 bits per heavy atom. The van der Waals surface area contributed by atoms with E-state index in [1.165, 1.54) is 24.1 Å². The Labute approximate surface area is 127 Å². The highest BCUT2D eigenvalue weighted by atomic mass is 16.2. The third-order valence-corrected chi connectivity index (χ3v) is 5.06. The minimum absolute atomic E-state index is 0.0390. The number of amides is 1. The lowest BCUT2D eigenvalue weighted by Gasteiger charge is -2.34. The van der Waals surface area contributed by atoms with Gasteiger partial charge in [0.15, 0.2) is 0 Å². The van der Waals surface area contributed by atoms with Crippen LogP contribution in [0.15, 0.2) is 24.3 Å². The van der Waals surface area contributed by atoms with Crippen LogP contribution in [0.2, 0.25) is 0 Å². The van der Waals surface area contributed by atoms with E-state index in [4.69, 9.17) is 0 Å². The van der Waals surface area contributed by atoms with E-state index < -0.39 is 0 Å². The second-order valence-corrected chi connectivity index (χ2v) is 6.88. The summed E-state index contributed by atoms with van der Waals surface area (Å²) in [6.07, 6.45) is 5.67. The first-order valence-corrected chi connectivity index (χ1v) is 8.28. The molecule has 1 fully saturated rings. The summed E-state index contributed by atoms with van der Waals surface area (Å²) in [7, 11) is 0. The molecule has 4 atom stereocenters.